The van der Waals surface area contributed by atoms with Gasteiger partial charge in [-0.3, -0.25) is 0 Å². The molecular formula is CH4N2O2S. The van der Waals surface area contributed by atoms with Crippen molar-refractivity contribution in [1.82, 2.24) is 0 Å². The van der Waals surface area contributed by atoms with Gasteiger partial charge in [-0.2, -0.15) is 4.79 Å². The number of rotatable bonds is 0. The molecule has 0 heterocycles. The molecule has 6 heavy (non-hydrogen) atoms. The average Bonchev–Trinajstić information content (AvgIpc) is 1.39. The fourth-order valence-corrected chi connectivity index (χ4v) is 0. The number of nitrogens with zero attached hydrogens (tertiary/aromatic N) is 2. The van der Waals surface area contributed by atoms with Crippen molar-refractivity contribution < 1.29 is 13.2 Å². The van der Waals surface area contributed by atoms with Crippen LogP contribution in [0, 0.1) is 0 Å². The first-order valence-electron chi connectivity index (χ1n) is 0.924. The summed E-state index contributed by atoms with van der Waals surface area (Å²) in [4.78, 5) is 2.25. The standard InChI is InChI=1S/CH2N2.H2O2S/c2*1-3-2/h1H2;3H2. The summed E-state index contributed by atoms with van der Waals surface area (Å²) in [5.41, 5.74) is 7.08. The molecule has 0 aromatic heterocycles. The van der Waals surface area contributed by atoms with Crippen molar-refractivity contribution in [2.45, 2.75) is 0 Å². The van der Waals surface area contributed by atoms with E-state index in [0.29, 0.717) is 0 Å². The van der Waals surface area contributed by atoms with Crippen molar-refractivity contribution in [3.63, 3.8) is 0 Å². The maximum atomic E-state index is 8.40. The first-order chi connectivity index (χ1) is 2.83. The predicted molar refractivity (Wildman–Crippen MR) is 22.5 cm³/mol. The Labute approximate surface area is 38.0 Å². The molecule has 0 spiro atoms. The van der Waals surface area contributed by atoms with E-state index >= 15 is 0 Å². The highest BCUT2D eigenvalue weighted by Crippen LogP contribution is 0.902. The van der Waals surface area contributed by atoms with E-state index in [0.717, 1.165) is 0 Å². The molecule has 0 aliphatic rings. The van der Waals surface area contributed by atoms with E-state index in [9.17, 15) is 0 Å². The van der Waals surface area contributed by atoms with Crippen molar-refractivity contribution in [2.24, 2.45) is 0 Å². The Morgan fingerprint density at radius 1 is 1.67 bits per heavy atom. The lowest BCUT2D eigenvalue weighted by molar-refractivity contribution is 0.0110. The molecule has 0 aliphatic carbocycles. The van der Waals surface area contributed by atoms with Crippen LogP contribution in [0.1, 0.15) is 0 Å². The van der Waals surface area contributed by atoms with Crippen LogP contribution in [0.4, 0.5) is 0 Å². The zero-order chi connectivity index (χ0) is 5.41. The molecule has 0 aromatic rings. The van der Waals surface area contributed by atoms with E-state index in [1.54, 1.807) is 0 Å². The lowest BCUT2D eigenvalue weighted by Crippen LogP contribution is -1.21. The Bertz CT molecular complexity index is 65.5. The van der Waals surface area contributed by atoms with E-state index in [2.05, 4.69) is 11.5 Å². The summed E-state index contributed by atoms with van der Waals surface area (Å²) in [5, 5.41) is 0. The Balaban J connectivity index is 0. The quantitative estimate of drug-likeness (QED) is 0.220. The van der Waals surface area contributed by atoms with Crippen LogP contribution in [0.25, 0.3) is 5.53 Å². The lowest BCUT2D eigenvalue weighted by Gasteiger charge is -1.16. The van der Waals surface area contributed by atoms with Crippen molar-refractivity contribution >= 4 is 18.3 Å². The average molecular weight is 108 g/mol. The fourth-order valence-electron chi connectivity index (χ4n) is 0. The highest BCUT2D eigenvalue weighted by molar-refractivity contribution is 7.51. The molecule has 4 nitrogen and oxygen atoms in total. The van der Waals surface area contributed by atoms with Crippen LogP contribution in [-0.4, -0.2) is 19.9 Å². The minimum Gasteiger partial charge on any atom is -0.362 e. The van der Waals surface area contributed by atoms with Gasteiger partial charge >= 0.3 is 0 Å². The second-order valence-corrected chi connectivity index (χ2v) is 0.391. The van der Waals surface area contributed by atoms with E-state index in [1.807, 2.05) is 0 Å². The Morgan fingerprint density at radius 2 is 1.67 bits per heavy atom. The molecule has 0 bridgehead atoms. The van der Waals surface area contributed by atoms with Crippen molar-refractivity contribution in [1.29, 1.82) is 0 Å². The molecule has 0 aromatic carbocycles. The normalized spacial score (nSPS) is 4.00. The predicted octanol–water partition coefficient (Wildman–Crippen LogP) is -1.29. The van der Waals surface area contributed by atoms with Crippen molar-refractivity contribution in [3.8, 4) is 0 Å². The van der Waals surface area contributed by atoms with Gasteiger partial charge in [-0.15, -0.1) is 0 Å². The smallest absolute Gasteiger partial charge is 0.245 e. The summed E-state index contributed by atoms with van der Waals surface area (Å²) in [6.07, 6.45) is 0. The van der Waals surface area contributed by atoms with Crippen LogP contribution in [0.5, 0.6) is 0 Å². The third-order valence-corrected chi connectivity index (χ3v) is 0. The van der Waals surface area contributed by atoms with Crippen molar-refractivity contribution in [3.05, 3.63) is 5.53 Å². The van der Waals surface area contributed by atoms with Gasteiger partial charge in [0.05, 0.1) is 0 Å². The third kappa shape index (κ3) is 40.3. The van der Waals surface area contributed by atoms with Crippen molar-refractivity contribution in [2.75, 3.05) is 0 Å². The lowest BCUT2D eigenvalue weighted by atomic mass is 11.8. The first-order valence-corrected chi connectivity index (χ1v) is 1.74. The van der Waals surface area contributed by atoms with Gasteiger partial charge in [-0.05, 0) is 0 Å². The number of hydrogen-bond acceptors (Lipinski definition) is 2. The second-order valence-electron chi connectivity index (χ2n) is 0.225. The van der Waals surface area contributed by atoms with Gasteiger partial charge in [0, 0.05) is 0 Å². The Kier molecular flexibility index (Phi) is 40.8. The first kappa shape index (κ1) is 9.01. The van der Waals surface area contributed by atoms with Gasteiger partial charge in [0.2, 0.25) is 6.72 Å². The van der Waals surface area contributed by atoms with Crippen LogP contribution in [-0.2, 0) is 11.6 Å². The van der Waals surface area contributed by atoms with E-state index < -0.39 is 11.6 Å². The molecule has 0 fully saturated rings. The maximum Gasteiger partial charge on any atom is 0.245 e. The van der Waals surface area contributed by atoms with E-state index in [1.165, 1.54) is 0 Å². The van der Waals surface area contributed by atoms with E-state index in [4.69, 9.17) is 13.9 Å². The van der Waals surface area contributed by atoms with Gasteiger partial charge in [0.1, 0.15) is 11.6 Å². The third-order valence-electron chi connectivity index (χ3n) is 0. The summed E-state index contributed by atoms with van der Waals surface area (Å²) in [6.45, 7) is 2.67. The molecule has 0 unspecified atom stereocenters. The molecule has 36 valence electrons. The molecule has 0 atom stereocenters. The summed E-state index contributed by atoms with van der Waals surface area (Å²) >= 11 is -1.42. The minimum absolute atomic E-state index is 1.42. The van der Waals surface area contributed by atoms with Crippen LogP contribution < -0.4 is 0 Å². The zero-order valence-electron chi connectivity index (χ0n) is 2.92. The topological polar surface area (TPSA) is 70.5 Å². The molecule has 0 N–H and O–H groups in total. The molecule has 0 saturated heterocycles. The zero-order valence-corrected chi connectivity index (χ0v) is 3.92. The van der Waals surface area contributed by atoms with Crippen LogP contribution in [0.2, 0.25) is 0 Å². The molecule has 0 saturated carbocycles. The molecular weight excluding hydrogens is 104 g/mol. The van der Waals surface area contributed by atoms with Gasteiger partial charge in [-0.1, -0.05) is 0 Å². The largest absolute Gasteiger partial charge is 0.362 e. The molecule has 0 amide bonds. The number of hydrogen-bond donors (Lipinski definition) is 0. The molecule has 0 rings (SSSR count). The summed E-state index contributed by atoms with van der Waals surface area (Å²) in [6, 6.07) is 0. The Morgan fingerprint density at radius 3 is 1.67 bits per heavy atom. The molecule has 0 radical (unpaired) electrons. The highest BCUT2D eigenvalue weighted by Gasteiger charge is 0.964. The summed E-state index contributed by atoms with van der Waals surface area (Å²) in [7, 11) is 0. The van der Waals surface area contributed by atoms with Crippen LogP contribution in [0.3, 0.4) is 0 Å². The summed E-state index contributed by atoms with van der Waals surface area (Å²) < 4.78 is 16.8. The minimum atomic E-state index is -1.42. The van der Waals surface area contributed by atoms with Gasteiger partial charge in [-0.25, -0.2) is 8.42 Å². The van der Waals surface area contributed by atoms with E-state index in [-0.39, 0.29) is 0 Å². The van der Waals surface area contributed by atoms with Gasteiger partial charge < -0.3 is 5.53 Å². The highest BCUT2D eigenvalue weighted by atomic mass is 32.1. The summed E-state index contributed by atoms with van der Waals surface area (Å²) in [5.74, 6) is 0. The molecule has 0 aliphatic heterocycles. The van der Waals surface area contributed by atoms with Gasteiger partial charge in [0.25, 0.3) is 0 Å². The SMILES string of the molecule is C=[N+]=[N-].O=[SH2]=O. The van der Waals surface area contributed by atoms with Gasteiger partial charge in [0.15, 0.2) is 0 Å². The molecule has 5 heteroatoms. The second kappa shape index (κ2) is 27.1. The monoisotopic (exact) mass is 108 g/mol. The Hall–Kier alpha value is -0.670. The fraction of sp³-hybridized carbons (Fsp3) is 0. The van der Waals surface area contributed by atoms with Crippen LogP contribution >= 0.6 is 0 Å². The van der Waals surface area contributed by atoms with Crippen LogP contribution in [0.15, 0.2) is 0 Å². The maximum absolute atomic E-state index is 8.40.